The quantitative estimate of drug-likeness (QED) is 0.697. The van der Waals surface area contributed by atoms with Crippen LogP contribution in [-0.4, -0.2) is 46.8 Å². The van der Waals surface area contributed by atoms with E-state index >= 15 is 0 Å². The molecule has 1 fully saturated rings. The minimum atomic E-state index is -0.747. The predicted molar refractivity (Wildman–Crippen MR) is 53.1 cm³/mol. The third-order valence-electron chi connectivity index (χ3n) is 2.90. The van der Waals surface area contributed by atoms with Crippen molar-refractivity contribution in [1.82, 2.24) is 4.90 Å². The number of carbonyl (C=O) groups is 1. The van der Waals surface area contributed by atoms with Gasteiger partial charge in [0, 0.05) is 19.2 Å². The number of carboxylic acid groups (broad SMARTS) is 1. The number of aliphatic carboxylic acids is 1. The van der Waals surface area contributed by atoms with Gasteiger partial charge in [0.15, 0.2) is 0 Å². The molecule has 0 aromatic heterocycles. The first-order valence-electron chi connectivity index (χ1n) is 5.20. The minimum Gasteiger partial charge on any atom is -0.481 e. The normalized spacial score (nSPS) is 26.0. The third kappa shape index (κ3) is 3.27. The molecule has 82 valence electrons. The second kappa shape index (κ2) is 5.32. The number of aliphatic hydroxyl groups excluding tert-OH is 1. The zero-order valence-corrected chi connectivity index (χ0v) is 8.65. The molecule has 0 aromatic carbocycles. The summed E-state index contributed by atoms with van der Waals surface area (Å²) >= 11 is 0. The van der Waals surface area contributed by atoms with Gasteiger partial charge in [0.1, 0.15) is 0 Å². The molecule has 0 bridgehead atoms. The molecule has 0 amide bonds. The van der Waals surface area contributed by atoms with Crippen LogP contribution < -0.4 is 0 Å². The molecule has 1 aliphatic rings. The van der Waals surface area contributed by atoms with Gasteiger partial charge in [-0.15, -0.1) is 0 Å². The standard InChI is InChI=1S/C10H19NO3/c1-8(5-10(13)14)11-4-2-3-9(6-11)7-12/h8-9,12H,2-7H2,1H3,(H,13,14). The molecule has 0 spiro atoms. The summed E-state index contributed by atoms with van der Waals surface area (Å²) < 4.78 is 0. The van der Waals surface area contributed by atoms with Gasteiger partial charge in [-0.2, -0.15) is 0 Å². The fourth-order valence-corrected chi connectivity index (χ4v) is 2.03. The maximum Gasteiger partial charge on any atom is 0.304 e. The molecule has 2 atom stereocenters. The van der Waals surface area contributed by atoms with Crippen LogP contribution in [0.25, 0.3) is 0 Å². The molecule has 4 heteroatoms. The van der Waals surface area contributed by atoms with E-state index in [-0.39, 0.29) is 19.1 Å². The number of carboxylic acids is 1. The number of nitrogens with zero attached hydrogens (tertiary/aromatic N) is 1. The lowest BCUT2D eigenvalue weighted by Crippen LogP contribution is -2.43. The van der Waals surface area contributed by atoms with Gasteiger partial charge in [-0.1, -0.05) is 0 Å². The fourth-order valence-electron chi connectivity index (χ4n) is 2.03. The largest absolute Gasteiger partial charge is 0.481 e. The lowest BCUT2D eigenvalue weighted by molar-refractivity contribution is -0.138. The molecule has 1 saturated heterocycles. The Morgan fingerprint density at radius 3 is 2.93 bits per heavy atom. The van der Waals surface area contributed by atoms with Gasteiger partial charge >= 0.3 is 5.97 Å². The van der Waals surface area contributed by atoms with Crippen LogP contribution in [0.3, 0.4) is 0 Å². The Labute approximate surface area is 84.5 Å². The Morgan fingerprint density at radius 1 is 1.64 bits per heavy atom. The average molecular weight is 201 g/mol. The maximum atomic E-state index is 10.5. The van der Waals surface area contributed by atoms with Crippen LogP contribution in [0.1, 0.15) is 26.2 Å². The summed E-state index contributed by atoms with van der Waals surface area (Å²) in [5.74, 6) is -0.413. The first-order valence-corrected chi connectivity index (χ1v) is 5.20. The van der Waals surface area contributed by atoms with E-state index in [1.165, 1.54) is 0 Å². The number of hydrogen-bond donors (Lipinski definition) is 2. The lowest BCUT2D eigenvalue weighted by Gasteiger charge is -2.35. The molecule has 0 aliphatic carbocycles. The SMILES string of the molecule is CC(CC(=O)O)N1CCCC(CO)C1. The Hall–Kier alpha value is -0.610. The number of hydrogen-bond acceptors (Lipinski definition) is 3. The summed E-state index contributed by atoms with van der Waals surface area (Å²) in [5.41, 5.74) is 0. The maximum absolute atomic E-state index is 10.5. The monoisotopic (exact) mass is 201 g/mol. The van der Waals surface area contributed by atoms with Crippen molar-refractivity contribution in [2.24, 2.45) is 5.92 Å². The second-order valence-electron chi connectivity index (χ2n) is 4.13. The number of aliphatic hydroxyl groups is 1. The zero-order chi connectivity index (χ0) is 10.6. The van der Waals surface area contributed by atoms with E-state index in [2.05, 4.69) is 4.90 Å². The molecule has 1 aliphatic heterocycles. The van der Waals surface area contributed by atoms with E-state index in [4.69, 9.17) is 10.2 Å². The van der Waals surface area contributed by atoms with Crippen LogP contribution in [-0.2, 0) is 4.79 Å². The van der Waals surface area contributed by atoms with Crippen molar-refractivity contribution in [2.45, 2.75) is 32.2 Å². The minimum absolute atomic E-state index is 0.0850. The lowest BCUT2D eigenvalue weighted by atomic mass is 9.97. The van der Waals surface area contributed by atoms with Gasteiger partial charge in [-0.25, -0.2) is 0 Å². The van der Waals surface area contributed by atoms with Crippen molar-refractivity contribution in [3.05, 3.63) is 0 Å². The second-order valence-corrected chi connectivity index (χ2v) is 4.13. The predicted octanol–water partition coefficient (Wildman–Crippen LogP) is 0.554. The molecule has 14 heavy (non-hydrogen) atoms. The molecule has 2 unspecified atom stereocenters. The molecule has 1 heterocycles. The molecular weight excluding hydrogens is 182 g/mol. The van der Waals surface area contributed by atoms with E-state index < -0.39 is 5.97 Å². The number of piperidine rings is 1. The van der Waals surface area contributed by atoms with Crippen molar-refractivity contribution in [2.75, 3.05) is 19.7 Å². The highest BCUT2D eigenvalue weighted by Crippen LogP contribution is 2.18. The van der Waals surface area contributed by atoms with Crippen molar-refractivity contribution >= 4 is 5.97 Å². The van der Waals surface area contributed by atoms with Crippen LogP contribution in [0.2, 0.25) is 0 Å². The fraction of sp³-hybridized carbons (Fsp3) is 0.900. The summed E-state index contributed by atoms with van der Waals surface area (Å²) in [4.78, 5) is 12.7. The van der Waals surface area contributed by atoms with Gasteiger partial charge in [0.05, 0.1) is 6.42 Å². The highest BCUT2D eigenvalue weighted by Gasteiger charge is 2.23. The summed E-state index contributed by atoms with van der Waals surface area (Å²) in [6.07, 6.45) is 2.32. The Kier molecular flexibility index (Phi) is 4.35. The smallest absolute Gasteiger partial charge is 0.304 e. The molecule has 1 rings (SSSR count). The van der Waals surface area contributed by atoms with Gasteiger partial charge in [-0.05, 0) is 32.2 Å². The van der Waals surface area contributed by atoms with Crippen LogP contribution >= 0.6 is 0 Å². The summed E-state index contributed by atoms with van der Waals surface area (Å²) in [5, 5.41) is 17.7. The molecule has 0 aromatic rings. The van der Waals surface area contributed by atoms with Gasteiger partial charge in [0.2, 0.25) is 0 Å². The Balaban J connectivity index is 2.38. The Bertz CT molecular complexity index is 196. The molecule has 0 saturated carbocycles. The van der Waals surface area contributed by atoms with E-state index in [0.29, 0.717) is 5.92 Å². The summed E-state index contributed by atoms with van der Waals surface area (Å²) in [6, 6.07) is 0.0850. The summed E-state index contributed by atoms with van der Waals surface area (Å²) in [7, 11) is 0. The molecular formula is C10H19NO3. The Morgan fingerprint density at radius 2 is 2.36 bits per heavy atom. The van der Waals surface area contributed by atoms with Gasteiger partial charge in [-0.3, -0.25) is 9.69 Å². The summed E-state index contributed by atoms with van der Waals surface area (Å²) in [6.45, 7) is 3.96. The van der Waals surface area contributed by atoms with Crippen molar-refractivity contribution in [1.29, 1.82) is 0 Å². The zero-order valence-electron chi connectivity index (χ0n) is 8.65. The van der Waals surface area contributed by atoms with Crippen molar-refractivity contribution in [3.8, 4) is 0 Å². The van der Waals surface area contributed by atoms with E-state index in [1.807, 2.05) is 6.92 Å². The van der Waals surface area contributed by atoms with E-state index in [1.54, 1.807) is 0 Å². The molecule has 0 radical (unpaired) electrons. The number of rotatable bonds is 4. The topological polar surface area (TPSA) is 60.8 Å². The van der Waals surface area contributed by atoms with E-state index in [9.17, 15) is 4.79 Å². The highest BCUT2D eigenvalue weighted by atomic mass is 16.4. The number of likely N-dealkylation sites (tertiary alicyclic amines) is 1. The van der Waals surface area contributed by atoms with Crippen LogP contribution in [0, 0.1) is 5.92 Å². The first kappa shape index (κ1) is 11.5. The molecule has 2 N–H and O–H groups in total. The molecule has 4 nitrogen and oxygen atoms in total. The van der Waals surface area contributed by atoms with Crippen LogP contribution in [0.15, 0.2) is 0 Å². The first-order chi connectivity index (χ1) is 6.63. The third-order valence-corrected chi connectivity index (χ3v) is 2.90. The van der Waals surface area contributed by atoms with Crippen LogP contribution in [0.5, 0.6) is 0 Å². The van der Waals surface area contributed by atoms with E-state index in [0.717, 1.165) is 25.9 Å². The van der Waals surface area contributed by atoms with Gasteiger partial charge in [0.25, 0.3) is 0 Å². The van der Waals surface area contributed by atoms with Crippen LogP contribution in [0.4, 0.5) is 0 Å². The van der Waals surface area contributed by atoms with Crippen molar-refractivity contribution < 1.29 is 15.0 Å². The average Bonchev–Trinajstić information content (AvgIpc) is 2.17. The highest BCUT2D eigenvalue weighted by molar-refractivity contribution is 5.67. The van der Waals surface area contributed by atoms with Crippen molar-refractivity contribution in [3.63, 3.8) is 0 Å². The van der Waals surface area contributed by atoms with Gasteiger partial charge < -0.3 is 10.2 Å².